The normalized spacial score (nSPS) is 18.7. The van der Waals surface area contributed by atoms with Gasteiger partial charge in [0, 0.05) is 23.6 Å². The number of benzene rings is 2. The molecule has 188 valence electrons. The first-order valence-electron chi connectivity index (χ1n) is 11.4. The Hall–Kier alpha value is -4.34. The van der Waals surface area contributed by atoms with Crippen molar-refractivity contribution in [3.63, 3.8) is 0 Å². The Labute approximate surface area is 206 Å². The molecule has 0 spiro atoms. The smallest absolute Gasteiger partial charge is 0.270 e. The number of ether oxygens (including phenoxy) is 4. The van der Waals surface area contributed by atoms with Crippen LogP contribution in [0.15, 0.2) is 46.4 Å². The first-order valence-corrected chi connectivity index (χ1v) is 11.4. The highest BCUT2D eigenvalue weighted by Gasteiger charge is 2.41. The molecule has 0 fully saturated rings. The van der Waals surface area contributed by atoms with E-state index in [0.717, 1.165) is 5.56 Å². The van der Waals surface area contributed by atoms with Crippen molar-refractivity contribution in [2.24, 2.45) is 0 Å². The van der Waals surface area contributed by atoms with E-state index in [2.05, 4.69) is 15.5 Å². The van der Waals surface area contributed by atoms with E-state index in [-0.39, 0.29) is 29.4 Å². The van der Waals surface area contributed by atoms with Gasteiger partial charge >= 0.3 is 0 Å². The summed E-state index contributed by atoms with van der Waals surface area (Å²) in [4.78, 5) is 26.4. The number of allylic oxidation sites excluding steroid dienone is 2. The molecule has 0 saturated carbocycles. The van der Waals surface area contributed by atoms with Crippen LogP contribution in [0.3, 0.4) is 0 Å². The summed E-state index contributed by atoms with van der Waals surface area (Å²) in [5.41, 5.74) is 2.79. The number of H-pyrrole nitrogens is 2. The number of carbonyl (C=O) groups is 1. The number of aromatic amines is 2. The van der Waals surface area contributed by atoms with Gasteiger partial charge in [0.2, 0.25) is 5.75 Å². The summed E-state index contributed by atoms with van der Waals surface area (Å²) < 4.78 is 21.6. The van der Waals surface area contributed by atoms with Gasteiger partial charge < -0.3 is 29.4 Å². The minimum atomic E-state index is -0.642. The standard InChI is InChI=1S/C26H27N3O7/c1-33-18-6-5-12(8-16(18)30)21-22-15(27-25-23(21)26(32)29-28-25)7-13(9-17(22)31)14-10-19(34-2)24(36-4)20(11-14)35-3/h5-6,8,10-11,13,21,30H,7,9H2,1-4H3,(H3,27,28,29,32)/t13-,21+/m1/s1. The number of rotatable bonds is 6. The minimum absolute atomic E-state index is 0.0669. The molecule has 0 unspecified atom stereocenters. The topological polar surface area (TPSA) is 135 Å². The Kier molecular flexibility index (Phi) is 5.87. The van der Waals surface area contributed by atoms with Gasteiger partial charge in [-0.05, 0) is 47.7 Å². The Balaban J connectivity index is 1.60. The zero-order valence-electron chi connectivity index (χ0n) is 20.4. The summed E-state index contributed by atoms with van der Waals surface area (Å²) in [6.07, 6.45) is 0.750. The molecule has 5 rings (SSSR count). The number of ketones is 1. The maximum atomic E-state index is 13.7. The molecule has 1 aliphatic heterocycles. The van der Waals surface area contributed by atoms with Crippen molar-refractivity contribution in [2.75, 3.05) is 33.8 Å². The van der Waals surface area contributed by atoms with Crippen LogP contribution >= 0.6 is 0 Å². The zero-order valence-corrected chi connectivity index (χ0v) is 20.4. The number of hydrogen-bond donors (Lipinski definition) is 4. The maximum Gasteiger partial charge on any atom is 0.270 e. The lowest BCUT2D eigenvalue weighted by atomic mass is 9.72. The molecule has 0 amide bonds. The van der Waals surface area contributed by atoms with Crippen molar-refractivity contribution >= 4 is 11.6 Å². The van der Waals surface area contributed by atoms with Crippen molar-refractivity contribution in [2.45, 2.75) is 24.7 Å². The second kappa shape index (κ2) is 9.03. The van der Waals surface area contributed by atoms with E-state index in [1.165, 1.54) is 13.2 Å². The summed E-state index contributed by atoms with van der Waals surface area (Å²) in [6.45, 7) is 0. The van der Waals surface area contributed by atoms with Gasteiger partial charge in [0.25, 0.3) is 5.56 Å². The first kappa shape index (κ1) is 23.4. The summed E-state index contributed by atoms with van der Waals surface area (Å²) in [5.74, 6) is 1.36. The average Bonchev–Trinajstić information content (AvgIpc) is 3.26. The number of phenolic OH excluding ortho intramolecular Hbond substituents is 1. The number of phenols is 1. The molecular formula is C26H27N3O7. The van der Waals surface area contributed by atoms with Crippen LogP contribution in [0.5, 0.6) is 28.7 Å². The van der Waals surface area contributed by atoms with Crippen molar-refractivity contribution in [1.82, 2.24) is 10.2 Å². The molecule has 3 aromatic rings. The lowest BCUT2D eigenvalue weighted by molar-refractivity contribution is -0.116. The van der Waals surface area contributed by atoms with Crippen molar-refractivity contribution < 1.29 is 28.8 Å². The monoisotopic (exact) mass is 493 g/mol. The molecule has 2 aliphatic rings. The van der Waals surface area contributed by atoms with Crippen molar-refractivity contribution in [1.29, 1.82) is 0 Å². The Bertz CT molecular complexity index is 1410. The zero-order chi connectivity index (χ0) is 25.6. The van der Waals surface area contributed by atoms with E-state index in [1.54, 1.807) is 33.5 Å². The molecule has 2 atom stereocenters. The van der Waals surface area contributed by atoms with E-state index in [1.807, 2.05) is 12.1 Å². The molecular weight excluding hydrogens is 466 g/mol. The van der Waals surface area contributed by atoms with E-state index >= 15 is 0 Å². The molecule has 1 aromatic heterocycles. The highest BCUT2D eigenvalue weighted by molar-refractivity contribution is 6.01. The SMILES string of the molecule is COc1ccc([C@H]2C3=C(C[C@@H](c4cc(OC)c(OC)c(OC)c4)CC3=O)Nc3[nH][nH]c(=O)c32)cc1O. The van der Waals surface area contributed by atoms with E-state index in [9.17, 15) is 14.7 Å². The van der Waals surface area contributed by atoms with Crippen LogP contribution in [0.2, 0.25) is 0 Å². The van der Waals surface area contributed by atoms with Gasteiger partial charge in [0.05, 0.1) is 34.0 Å². The number of fused-ring (bicyclic) bond motifs is 1. The molecule has 0 radical (unpaired) electrons. The number of aromatic hydroxyl groups is 1. The van der Waals surface area contributed by atoms with Gasteiger partial charge in [-0.2, -0.15) is 0 Å². The molecule has 10 nitrogen and oxygen atoms in total. The van der Waals surface area contributed by atoms with Crippen molar-refractivity contribution in [3.8, 4) is 28.7 Å². The van der Waals surface area contributed by atoms with Crippen LogP contribution in [0.25, 0.3) is 0 Å². The average molecular weight is 494 g/mol. The fourth-order valence-electron chi connectivity index (χ4n) is 5.21. The largest absolute Gasteiger partial charge is 0.504 e. The van der Waals surface area contributed by atoms with Crippen LogP contribution in [0.1, 0.15) is 41.4 Å². The molecule has 1 aliphatic carbocycles. The minimum Gasteiger partial charge on any atom is -0.504 e. The van der Waals surface area contributed by atoms with Crippen LogP contribution in [0.4, 0.5) is 5.82 Å². The molecule has 2 heterocycles. The van der Waals surface area contributed by atoms with Gasteiger partial charge in [-0.3, -0.25) is 19.8 Å². The third kappa shape index (κ3) is 3.65. The fourth-order valence-corrected chi connectivity index (χ4v) is 5.21. The first-order chi connectivity index (χ1) is 17.4. The van der Waals surface area contributed by atoms with E-state index < -0.39 is 5.92 Å². The van der Waals surface area contributed by atoms with Gasteiger partial charge in [0.15, 0.2) is 28.8 Å². The molecule has 0 saturated heterocycles. The van der Waals surface area contributed by atoms with Crippen LogP contribution in [-0.2, 0) is 4.79 Å². The van der Waals surface area contributed by atoms with Gasteiger partial charge in [-0.1, -0.05) is 6.07 Å². The summed E-state index contributed by atoms with van der Waals surface area (Å²) in [6, 6.07) is 8.63. The number of aromatic nitrogens is 2. The molecule has 2 aromatic carbocycles. The fraction of sp³-hybridized carbons (Fsp3) is 0.308. The number of methoxy groups -OCH3 is 4. The summed E-state index contributed by atoms with van der Waals surface area (Å²) in [7, 11) is 6.10. The number of anilines is 1. The summed E-state index contributed by atoms with van der Waals surface area (Å²) >= 11 is 0. The molecule has 10 heteroatoms. The highest BCUT2D eigenvalue weighted by atomic mass is 16.5. The Morgan fingerprint density at radius 3 is 2.14 bits per heavy atom. The molecule has 36 heavy (non-hydrogen) atoms. The van der Waals surface area contributed by atoms with Crippen molar-refractivity contribution in [3.05, 3.63) is 68.6 Å². The van der Waals surface area contributed by atoms with Crippen LogP contribution in [-0.4, -0.2) is 49.5 Å². The van der Waals surface area contributed by atoms with E-state index in [4.69, 9.17) is 18.9 Å². The van der Waals surface area contributed by atoms with Gasteiger partial charge in [0.1, 0.15) is 5.82 Å². The third-order valence-corrected chi connectivity index (χ3v) is 6.87. The van der Waals surface area contributed by atoms with Crippen LogP contribution in [0, 0.1) is 0 Å². The second-order valence-corrected chi connectivity index (χ2v) is 8.74. The molecule has 0 bridgehead atoms. The predicted molar refractivity (Wildman–Crippen MR) is 132 cm³/mol. The lowest BCUT2D eigenvalue weighted by Crippen LogP contribution is -2.31. The molecule has 4 N–H and O–H groups in total. The number of hydrogen-bond acceptors (Lipinski definition) is 8. The Morgan fingerprint density at radius 1 is 0.833 bits per heavy atom. The number of carbonyl (C=O) groups excluding carboxylic acids is 1. The maximum absolute atomic E-state index is 13.7. The third-order valence-electron chi connectivity index (χ3n) is 6.87. The number of Topliss-reactive ketones (excluding diaryl/α,β-unsaturated/α-hetero) is 1. The Morgan fingerprint density at radius 2 is 1.53 bits per heavy atom. The second-order valence-electron chi connectivity index (χ2n) is 8.74. The van der Waals surface area contributed by atoms with Gasteiger partial charge in [-0.25, -0.2) is 0 Å². The highest BCUT2D eigenvalue weighted by Crippen LogP contribution is 2.49. The summed E-state index contributed by atoms with van der Waals surface area (Å²) in [5, 5.41) is 19.2. The lowest BCUT2D eigenvalue weighted by Gasteiger charge is -2.34. The predicted octanol–water partition coefficient (Wildman–Crippen LogP) is 3.40. The van der Waals surface area contributed by atoms with Gasteiger partial charge in [-0.15, -0.1) is 0 Å². The van der Waals surface area contributed by atoms with Crippen LogP contribution < -0.4 is 29.8 Å². The van der Waals surface area contributed by atoms with E-state index in [0.29, 0.717) is 57.6 Å². The number of nitrogens with one attached hydrogen (secondary N) is 3. The quantitative estimate of drug-likeness (QED) is 0.410.